The van der Waals surface area contributed by atoms with E-state index in [0.29, 0.717) is 30.2 Å². The van der Waals surface area contributed by atoms with Gasteiger partial charge in [-0.2, -0.15) is 0 Å². The van der Waals surface area contributed by atoms with Crippen molar-refractivity contribution in [1.82, 2.24) is 9.80 Å². The minimum Gasteiger partial charge on any atom is -0.395 e. The van der Waals surface area contributed by atoms with Gasteiger partial charge in [-0.25, -0.2) is 0 Å². The topological polar surface area (TPSA) is 43.8 Å². The van der Waals surface area contributed by atoms with E-state index in [-0.39, 0.29) is 12.5 Å². The molecular weight excluding hydrogens is 276 g/mol. The molecule has 1 heterocycles. The van der Waals surface area contributed by atoms with Gasteiger partial charge in [0, 0.05) is 32.7 Å². The highest BCUT2D eigenvalue weighted by atomic mass is 35.5. The van der Waals surface area contributed by atoms with Gasteiger partial charge < -0.3 is 10.0 Å². The lowest BCUT2D eigenvalue weighted by atomic mass is 10.0. The molecule has 0 bridgehead atoms. The van der Waals surface area contributed by atoms with Crippen molar-refractivity contribution < 1.29 is 9.90 Å². The molecule has 2 rings (SSSR count). The van der Waals surface area contributed by atoms with Gasteiger partial charge in [-0.15, -0.1) is 0 Å². The summed E-state index contributed by atoms with van der Waals surface area (Å²) in [6.45, 7) is 7.78. The molecule has 4 nitrogen and oxygen atoms in total. The van der Waals surface area contributed by atoms with Gasteiger partial charge in [0.15, 0.2) is 0 Å². The summed E-state index contributed by atoms with van der Waals surface area (Å²) in [5, 5.41) is 9.45. The molecule has 0 spiro atoms. The Bertz CT molecular complexity index is 497. The molecule has 1 aliphatic heterocycles. The number of nitrogens with zero attached hydrogens (tertiary/aromatic N) is 2. The molecule has 5 heteroatoms. The van der Waals surface area contributed by atoms with Gasteiger partial charge in [-0.05, 0) is 37.1 Å². The first-order valence-corrected chi connectivity index (χ1v) is 7.30. The molecule has 1 aromatic carbocycles. The first kappa shape index (κ1) is 15.3. The summed E-state index contributed by atoms with van der Waals surface area (Å²) in [6, 6.07) is 3.73. The predicted molar refractivity (Wildman–Crippen MR) is 80.4 cm³/mol. The summed E-state index contributed by atoms with van der Waals surface area (Å²) >= 11 is 6.20. The van der Waals surface area contributed by atoms with Crippen LogP contribution in [0.4, 0.5) is 0 Å². The maximum atomic E-state index is 12.5. The Morgan fingerprint density at radius 2 is 1.80 bits per heavy atom. The third-order valence-electron chi connectivity index (χ3n) is 3.89. The molecule has 0 aliphatic carbocycles. The lowest BCUT2D eigenvalue weighted by Gasteiger charge is -2.34. The molecule has 1 amide bonds. The zero-order valence-electron chi connectivity index (χ0n) is 12.0. The molecule has 0 atom stereocenters. The fourth-order valence-electron chi connectivity index (χ4n) is 2.43. The van der Waals surface area contributed by atoms with Crippen LogP contribution in [0.5, 0.6) is 0 Å². The van der Waals surface area contributed by atoms with Crippen LogP contribution in [-0.2, 0) is 0 Å². The van der Waals surface area contributed by atoms with Crippen LogP contribution in [0.1, 0.15) is 21.5 Å². The van der Waals surface area contributed by atoms with Crippen LogP contribution in [0.25, 0.3) is 0 Å². The highest BCUT2D eigenvalue weighted by Gasteiger charge is 2.23. The van der Waals surface area contributed by atoms with Crippen molar-refractivity contribution in [3.05, 3.63) is 33.8 Å². The number of halogens is 1. The average Bonchev–Trinajstić information content (AvgIpc) is 2.43. The second-order valence-corrected chi connectivity index (χ2v) is 5.68. The Hall–Kier alpha value is -1.10. The number of hydrogen-bond donors (Lipinski definition) is 1. The third kappa shape index (κ3) is 3.32. The summed E-state index contributed by atoms with van der Waals surface area (Å²) in [4.78, 5) is 16.5. The maximum Gasteiger partial charge on any atom is 0.255 e. The first-order chi connectivity index (χ1) is 9.52. The molecule has 1 aromatic rings. The molecular formula is C15H21ClN2O2. The number of hydrogen-bond acceptors (Lipinski definition) is 3. The molecule has 1 aliphatic rings. The van der Waals surface area contributed by atoms with E-state index in [0.717, 1.165) is 24.2 Å². The third-order valence-corrected chi connectivity index (χ3v) is 4.20. The van der Waals surface area contributed by atoms with Crippen molar-refractivity contribution in [3.8, 4) is 0 Å². The van der Waals surface area contributed by atoms with Crippen molar-refractivity contribution in [2.24, 2.45) is 0 Å². The first-order valence-electron chi connectivity index (χ1n) is 6.92. The van der Waals surface area contributed by atoms with Gasteiger partial charge in [0.05, 0.1) is 17.2 Å². The monoisotopic (exact) mass is 296 g/mol. The normalized spacial score (nSPS) is 16.5. The highest BCUT2D eigenvalue weighted by Crippen LogP contribution is 2.22. The number of carbonyl (C=O) groups excluding carboxylic acids is 1. The lowest BCUT2D eigenvalue weighted by molar-refractivity contribution is 0.0615. The van der Waals surface area contributed by atoms with Gasteiger partial charge in [0.1, 0.15) is 0 Å². The molecule has 1 fully saturated rings. The second kappa shape index (κ2) is 6.57. The summed E-state index contributed by atoms with van der Waals surface area (Å²) in [6.07, 6.45) is 0. The second-order valence-electron chi connectivity index (χ2n) is 5.27. The number of rotatable bonds is 3. The van der Waals surface area contributed by atoms with Gasteiger partial charge >= 0.3 is 0 Å². The van der Waals surface area contributed by atoms with E-state index in [9.17, 15) is 4.79 Å². The summed E-state index contributed by atoms with van der Waals surface area (Å²) in [5.41, 5.74) is 2.77. The fourth-order valence-corrected chi connectivity index (χ4v) is 2.73. The molecule has 0 aromatic heterocycles. The van der Waals surface area contributed by atoms with Crippen molar-refractivity contribution >= 4 is 17.5 Å². The Morgan fingerprint density at radius 1 is 1.20 bits per heavy atom. The van der Waals surface area contributed by atoms with Crippen molar-refractivity contribution in [3.63, 3.8) is 0 Å². The van der Waals surface area contributed by atoms with Crippen molar-refractivity contribution in [1.29, 1.82) is 0 Å². The number of benzene rings is 1. The van der Waals surface area contributed by atoms with E-state index >= 15 is 0 Å². The number of aryl methyl sites for hydroxylation is 2. The van der Waals surface area contributed by atoms with E-state index < -0.39 is 0 Å². The number of aliphatic hydroxyl groups is 1. The fraction of sp³-hybridized carbons (Fsp3) is 0.533. The SMILES string of the molecule is Cc1cc(Cl)c(C(=O)N2CCN(CCO)CC2)cc1C. The number of aliphatic hydroxyl groups excluding tert-OH is 1. The highest BCUT2D eigenvalue weighted by molar-refractivity contribution is 6.34. The minimum atomic E-state index is 0.00162. The van der Waals surface area contributed by atoms with E-state index in [1.165, 1.54) is 0 Å². The zero-order valence-corrected chi connectivity index (χ0v) is 12.8. The van der Waals surface area contributed by atoms with Crippen LogP contribution in [0, 0.1) is 13.8 Å². The molecule has 110 valence electrons. The summed E-state index contributed by atoms with van der Waals surface area (Å²) in [7, 11) is 0. The largest absolute Gasteiger partial charge is 0.395 e. The molecule has 1 N–H and O–H groups in total. The Labute approximate surface area is 124 Å². The van der Waals surface area contributed by atoms with Crippen LogP contribution in [-0.4, -0.2) is 60.1 Å². The molecule has 0 unspecified atom stereocenters. The van der Waals surface area contributed by atoms with Gasteiger partial charge in [0.2, 0.25) is 0 Å². The van der Waals surface area contributed by atoms with Crippen molar-refractivity contribution in [2.45, 2.75) is 13.8 Å². The van der Waals surface area contributed by atoms with Crippen LogP contribution in [0.3, 0.4) is 0 Å². The average molecular weight is 297 g/mol. The molecule has 20 heavy (non-hydrogen) atoms. The van der Waals surface area contributed by atoms with Crippen molar-refractivity contribution in [2.75, 3.05) is 39.3 Å². The van der Waals surface area contributed by atoms with Gasteiger partial charge in [-0.3, -0.25) is 9.69 Å². The maximum absolute atomic E-state index is 12.5. The van der Waals surface area contributed by atoms with Gasteiger partial charge in [0.25, 0.3) is 5.91 Å². The standard InChI is InChI=1S/C15H21ClN2O2/c1-11-9-13(14(16)10-12(11)2)15(20)18-5-3-17(4-6-18)7-8-19/h9-10,19H,3-8H2,1-2H3. The van der Waals surface area contributed by atoms with E-state index in [1.54, 1.807) is 0 Å². The number of β-amino-alcohol motifs (C(OH)–C–C–N with tert-alkyl or cyclic N) is 1. The summed E-state index contributed by atoms with van der Waals surface area (Å²) in [5.74, 6) is 0.00162. The number of carbonyl (C=O) groups is 1. The Kier molecular flexibility index (Phi) is 5.02. The predicted octanol–water partition coefficient (Wildman–Crippen LogP) is 1.71. The quantitative estimate of drug-likeness (QED) is 0.923. The van der Waals surface area contributed by atoms with E-state index in [4.69, 9.17) is 16.7 Å². The Balaban J connectivity index is 2.07. The van der Waals surface area contributed by atoms with Crippen LogP contribution in [0.15, 0.2) is 12.1 Å². The Morgan fingerprint density at radius 3 is 2.40 bits per heavy atom. The van der Waals surface area contributed by atoms with E-state index in [1.807, 2.05) is 30.9 Å². The van der Waals surface area contributed by atoms with Gasteiger partial charge in [-0.1, -0.05) is 11.6 Å². The summed E-state index contributed by atoms with van der Waals surface area (Å²) < 4.78 is 0. The number of amides is 1. The van der Waals surface area contributed by atoms with Crippen LogP contribution >= 0.6 is 11.6 Å². The molecule has 0 radical (unpaired) electrons. The smallest absolute Gasteiger partial charge is 0.255 e. The molecule has 0 saturated carbocycles. The van der Waals surface area contributed by atoms with E-state index in [2.05, 4.69) is 4.90 Å². The molecule has 1 saturated heterocycles. The zero-order chi connectivity index (χ0) is 14.7. The minimum absolute atomic E-state index is 0.00162. The lowest BCUT2D eigenvalue weighted by Crippen LogP contribution is -2.49. The number of piperazine rings is 1. The van der Waals surface area contributed by atoms with Crippen LogP contribution < -0.4 is 0 Å². The van der Waals surface area contributed by atoms with Crippen LogP contribution in [0.2, 0.25) is 5.02 Å².